The fourth-order valence-corrected chi connectivity index (χ4v) is 1.56. The molecule has 0 aromatic rings. The van der Waals surface area contributed by atoms with Crippen LogP contribution < -0.4 is 0 Å². The number of likely N-dealkylation sites (tertiary alicyclic amines) is 1. The highest BCUT2D eigenvalue weighted by atomic mass is 19.4. The Morgan fingerprint density at radius 3 is 2.56 bits per heavy atom. The number of hydrogen-bond donors (Lipinski definition) is 1. The van der Waals surface area contributed by atoms with E-state index in [1.54, 1.807) is 0 Å². The zero-order valence-electron chi connectivity index (χ0n) is 8.35. The lowest BCUT2D eigenvalue weighted by Gasteiger charge is -2.29. The summed E-state index contributed by atoms with van der Waals surface area (Å²) in [5.74, 6) is -2.81. The maximum Gasteiger partial charge on any atom is 0.471 e. The summed E-state index contributed by atoms with van der Waals surface area (Å²) in [7, 11) is 0. The maximum absolute atomic E-state index is 13.0. The van der Waals surface area contributed by atoms with Crippen LogP contribution in [0.4, 0.5) is 17.6 Å². The van der Waals surface area contributed by atoms with Crippen LogP contribution in [0, 0.1) is 0 Å². The van der Waals surface area contributed by atoms with Crippen molar-refractivity contribution in [3.63, 3.8) is 0 Å². The highest BCUT2D eigenvalue weighted by molar-refractivity contribution is 5.82. The second-order valence-corrected chi connectivity index (χ2v) is 3.49. The van der Waals surface area contributed by atoms with Gasteiger partial charge in [-0.05, 0) is 18.4 Å². The molecule has 0 saturated carbocycles. The van der Waals surface area contributed by atoms with Gasteiger partial charge in [-0.2, -0.15) is 13.2 Å². The zero-order valence-corrected chi connectivity index (χ0v) is 8.35. The van der Waals surface area contributed by atoms with Crippen LogP contribution in [0.15, 0.2) is 11.4 Å². The monoisotopic (exact) mass is 241 g/mol. The third-order valence-electron chi connectivity index (χ3n) is 2.34. The molecule has 1 saturated heterocycles. The van der Waals surface area contributed by atoms with E-state index in [2.05, 4.69) is 0 Å². The minimum Gasteiger partial charge on any atom is -0.389 e. The van der Waals surface area contributed by atoms with Crippen molar-refractivity contribution < 1.29 is 27.5 Å². The van der Waals surface area contributed by atoms with Gasteiger partial charge in [0.2, 0.25) is 0 Å². The number of piperidine rings is 1. The Hall–Kier alpha value is -1.11. The number of hydrogen-bond acceptors (Lipinski definition) is 2. The standard InChI is InChI=1S/C9H11F4NO2/c10-7(5-15)6-2-1-3-14(4-6)8(16)9(11,12)13/h15H,1-5H2/b7-6+. The number of carbonyl (C=O) groups excluding carboxylic acids is 1. The summed E-state index contributed by atoms with van der Waals surface area (Å²) in [6, 6.07) is 0. The van der Waals surface area contributed by atoms with Crippen LogP contribution in [-0.2, 0) is 4.79 Å². The molecule has 1 amide bonds. The van der Waals surface area contributed by atoms with Crippen LogP contribution in [0.2, 0.25) is 0 Å². The molecule has 1 fully saturated rings. The summed E-state index contributed by atoms with van der Waals surface area (Å²) < 4.78 is 49.2. The van der Waals surface area contributed by atoms with E-state index >= 15 is 0 Å². The number of rotatable bonds is 1. The summed E-state index contributed by atoms with van der Waals surface area (Å²) >= 11 is 0. The predicted octanol–water partition coefficient (Wildman–Crippen LogP) is 1.39. The summed E-state index contributed by atoms with van der Waals surface area (Å²) in [5, 5.41) is 8.51. The largest absolute Gasteiger partial charge is 0.471 e. The topological polar surface area (TPSA) is 40.5 Å². The quantitative estimate of drug-likeness (QED) is 0.705. The molecule has 1 aliphatic heterocycles. The Balaban J connectivity index is 2.76. The van der Waals surface area contributed by atoms with Crippen molar-refractivity contribution in [1.82, 2.24) is 4.90 Å². The fraction of sp³-hybridized carbons (Fsp3) is 0.667. The Morgan fingerprint density at radius 2 is 2.06 bits per heavy atom. The van der Waals surface area contributed by atoms with E-state index in [4.69, 9.17) is 5.11 Å². The average Bonchev–Trinajstić information content (AvgIpc) is 2.26. The van der Waals surface area contributed by atoms with E-state index in [0.29, 0.717) is 4.90 Å². The van der Waals surface area contributed by atoms with E-state index in [-0.39, 0.29) is 25.0 Å². The summed E-state index contributed by atoms with van der Waals surface area (Å²) in [6.45, 7) is -1.28. The second kappa shape index (κ2) is 4.82. The van der Waals surface area contributed by atoms with Crippen LogP contribution in [0.1, 0.15) is 12.8 Å². The van der Waals surface area contributed by atoms with Gasteiger partial charge in [0, 0.05) is 13.1 Å². The molecule has 3 nitrogen and oxygen atoms in total. The van der Waals surface area contributed by atoms with Crippen molar-refractivity contribution in [2.75, 3.05) is 19.7 Å². The second-order valence-electron chi connectivity index (χ2n) is 3.49. The molecular weight excluding hydrogens is 230 g/mol. The predicted molar refractivity (Wildman–Crippen MR) is 47.1 cm³/mol. The first-order valence-corrected chi connectivity index (χ1v) is 4.69. The molecule has 92 valence electrons. The summed E-state index contributed by atoms with van der Waals surface area (Å²) in [6.07, 6.45) is -4.39. The summed E-state index contributed by atoms with van der Waals surface area (Å²) in [5.41, 5.74) is 0.0614. The molecule has 1 aliphatic rings. The van der Waals surface area contributed by atoms with E-state index in [1.165, 1.54) is 0 Å². The van der Waals surface area contributed by atoms with Crippen molar-refractivity contribution in [2.24, 2.45) is 0 Å². The van der Waals surface area contributed by atoms with Crippen LogP contribution in [-0.4, -0.2) is 41.8 Å². The van der Waals surface area contributed by atoms with Gasteiger partial charge in [0.25, 0.3) is 0 Å². The smallest absolute Gasteiger partial charge is 0.389 e. The van der Waals surface area contributed by atoms with Crippen molar-refractivity contribution in [3.05, 3.63) is 11.4 Å². The number of halogens is 4. The van der Waals surface area contributed by atoms with E-state index in [1.807, 2.05) is 0 Å². The molecule has 0 spiro atoms. The molecule has 7 heteroatoms. The molecule has 1 rings (SSSR count). The van der Waals surface area contributed by atoms with Gasteiger partial charge in [0.15, 0.2) is 0 Å². The Labute approximate surface area is 89.3 Å². The molecule has 16 heavy (non-hydrogen) atoms. The van der Waals surface area contributed by atoms with Crippen LogP contribution in [0.5, 0.6) is 0 Å². The lowest BCUT2D eigenvalue weighted by Crippen LogP contribution is -2.44. The third kappa shape index (κ3) is 2.94. The fourth-order valence-electron chi connectivity index (χ4n) is 1.56. The molecule has 1 heterocycles. The van der Waals surface area contributed by atoms with Crippen molar-refractivity contribution in [2.45, 2.75) is 19.0 Å². The molecule has 0 aliphatic carbocycles. The Kier molecular flexibility index (Phi) is 3.90. The van der Waals surface area contributed by atoms with Crippen LogP contribution >= 0.6 is 0 Å². The van der Waals surface area contributed by atoms with Gasteiger partial charge in [-0.15, -0.1) is 0 Å². The first-order valence-electron chi connectivity index (χ1n) is 4.69. The highest BCUT2D eigenvalue weighted by Crippen LogP contribution is 2.25. The maximum atomic E-state index is 13.0. The van der Waals surface area contributed by atoms with Crippen LogP contribution in [0.3, 0.4) is 0 Å². The lowest BCUT2D eigenvalue weighted by atomic mass is 10.0. The normalized spacial score (nSPS) is 20.9. The lowest BCUT2D eigenvalue weighted by molar-refractivity contribution is -0.185. The third-order valence-corrected chi connectivity index (χ3v) is 2.34. The first kappa shape index (κ1) is 13.0. The number of amides is 1. The van der Waals surface area contributed by atoms with E-state index < -0.39 is 31.1 Å². The molecule has 0 aromatic carbocycles. The number of aliphatic hydroxyl groups excluding tert-OH is 1. The van der Waals surface area contributed by atoms with Gasteiger partial charge < -0.3 is 10.0 Å². The molecular formula is C9H11F4NO2. The first-order chi connectivity index (χ1) is 7.36. The Bertz CT molecular complexity index is 311. The van der Waals surface area contributed by atoms with Crippen LogP contribution in [0.25, 0.3) is 0 Å². The average molecular weight is 241 g/mol. The number of carbonyl (C=O) groups is 1. The van der Waals surface area contributed by atoms with Gasteiger partial charge in [-0.25, -0.2) is 4.39 Å². The zero-order chi connectivity index (χ0) is 12.3. The molecule has 0 unspecified atom stereocenters. The van der Waals surface area contributed by atoms with Gasteiger partial charge in [-0.1, -0.05) is 0 Å². The molecule has 0 bridgehead atoms. The van der Waals surface area contributed by atoms with Gasteiger partial charge in [-0.3, -0.25) is 4.79 Å². The van der Waals surface area contributed by atoms with Gasteiger partial charge in [0.1, 0.15) is 5.83 Å². The molecule has 0 atom stereocenters. The SMILES string of the molecule is O=C(N1CCC/C(=C(\F)CO)C1)C(F)(F)F. The van der Waals surface area contributed by atoms with Gasteiger partial charge in [0.05, 0.1) is 6.61 Å². The van der Waals surface area contributed by atoms with Crippen molar-refractivity contribution in [1.29, 1.82) is 0 Å². The number of nitrogens with zero attached hydrogens (tertiary/aromatic N) is 1. The van der Waals surface area contributed by atoms with Crippen molar-refractivity contribution in [3.8, 4) is 0 Å². The number of aliphatic hydroxyl groups is 1. The van der Waals surface area contributed by atoms with E-state index in [0.717, 1.165) is 0 Å². The molecule has 1 N–H and O–H groups in total. The number of alkyl halides is 3. The van der Waals surface area contributed by atoms with Crippen molar-refractivity contribution >= 4 is 5.91 Å². The Morgan fingerprint density at radius 1 is 1.44 bits per heavy atom. The van der Waals surface area contributed by atoms with Gasteiger partial charge >= 0.3 is 12.1 Å². The van der Waals surface area contributed by atoms with E-state index in [9.17, 15) is 22.4 Å². The molecule has 0 aromatic heterocycles. The summed E-state index contributed by atoms with van der Waals surface area (Å²) in [4.78, 5) is 11.4. The minimum absolute atomic E-state index is 0.0411. The minimum atomic E-state index is -4.93. The highest BCUT2D eigenvalue weighted by Gasteiger charge is 2.43. The molecule has 0 radical (unpaired) electrons.